The van der Waals surface area contributed by atoms with Crippen LogP contribution >= 0.6 is 15.9 Å². The first-order valence-electron chi connectivity index (χ1n) is 4.62. The third-order valence-electron chi connectivity index (χ3n) is 2.18. The number of carboxylic acids is 1. The first-order valence-corrected chi connectivity index (χ1v) is 5.42. The van der Waals surface area contributed by atoms with E-state index < -0.39 is 5.97 Å². The predicted molar refractivity (Wildman–Crippen MR) is 63.0 cm³/mol. The minimum Gasteiger partial charge on any atom is -0.478 e. The van der Waals surface area contributed by atoms with Gasteiger partial charge in [0.15, 0.2) is 0 Å². The second-order valence-electron chi connectivity index (χ2n) is 3.43. The fraction of sp³-hybridized carbons (Fsp3) is 0.0909. The highest BCUT2D eigenvalue weighted by Crippen LogP contribution is 2.18. The van der Waals surface area contributed by atoms with Gasteiger partial charge in [-0.3, -0.25) is 0 Å². The van der Waals surface area contributed by atoms with Gasteiger partial charge in [0, 0.05) is 6.20 Å². The Morgan fingerprint density at radius 2 is 2.25 bits per heavy atom. The highest BCUT2D eigenvalue weighted by Gasteiger charge is 2.12. The monoisotopic (exact) mass is 280 g/mol. The molecule has 0 radical (unpaired) electrons. The second-order valence-corrected chi connectivity index (χ2v) is 4.34. The summed E-state index contributed by atoms with van der Waals surface area (Å²) in [5, 5.41) is 13.1. The molecular formula is C11H9BrN2O2. The van der Waals surface area contributed by atoms with E-state index in [-0.39, 0.29) is 5.56 Å². The van der Waals surface area contributed by atoms with Crippen LogP contribution in [0.15, 0.2) is 35.1 Å². The van der Waals surface area contributed by atoms with E-state index in [1.54, 1.807) is 35.3 Å². The summed E-state index contributed by atoms with van der Waals surface area (Å²) < 4.78 is 2.35. The quantitative estimate of drug-likeness (QED) is 0.920. The number of carboxylic acid groups (broad SMARTS) is 1. The second kappa shape index (κ2) is 4.09. The van der Waals surface area contributed by atoms with Gasteiger partial charge in [0.05, 0.1) is 21.9 Å². The number of hydrogen-bond donors (Lipinski definition) is 1. The number of nitrogens with zero attached hydrogens (tertiary/aromatic N) is 2. The third kappa shape index (κ3) is 1.99. The van der Waals surface area contributed by atoms with E-state index in [1.165, 1.54) is 0 Å². The van der Waals surface area contributed by atoms with Gasteiger partial charge in [0.25, 0.3) is 0 Å². The largest absolute Gasteiger partial charge is 0.478 e. The zero-order valence-corrected chi connectivity index (χ0v) is 10.1. The molecule has 0 amide bonds. The molecule has 0 bridgehead atoms. The van der Waals surface area contributed by atoms with E-state index in [0.717, 1.165) is 10.0 Å². The van der Waals surface area contributed by atoms with Gasteiger partial charge in [-0.1, -0.05) is 6.07 Å². The van der Waals surface area contributed by atoms with Gasteiger partial charge in [-0.2, -0.15) is 5.10 Å². The van der Waals surface area contributed by atoms with Crippen molar-refractivity contribution >= 4 is 21.9 Å². The minimum absolute atomic E-state index is 0.237. The van der Waals surface area contributed by atoms with Gasteiger partial charge in [0.1, 0.15) is 0 Å². The molecule has 0 saturated carbocycles. The normalized spacial score (nSPS) is 10.4. The molecule has 4 nitrogen and oxygen atoms in total. The van der Waals surface area contributed by atoms with Gasteiger partial charge in [-0.05, 0) is 40.5 Å². The number of rotatable bonds is 2. The van der Waals surface area contributed by atoms with Crippen molar-refractivity contribution in [2.45, 2.75) is 6.92 Å². The van der Waals surface area contributed by atoms with Crippen LogP contribution in [0.4, 0.5) is 0 Å². The first kappa shape index (κ1) is 10.9. The molecule has 82 valence electrons. The number of hydrogen-bond acceptors (Lipinski definition) is 2. The smallest absolute Gasteiger partial charge is 0.337 e. The standard InChI is InChI=1S/C11H9BrN2O2/c1-7-2-3-9(11(15)16)10(4-7)14-6-8(12)5-13-14/h2-6H,1H3,(H,15,16). The van der Waals surface area contributed by atoms with E-state index in [9.17, 15) is 4.79 Å². The van der Waals surface area contributed by atoms with Crippen LogP contribution in [0.5, 0.6) is 0 Å². The minimum atomic E-state index is -0.957. The molecule has 0 fully saturated rings. The van der Waals surface area contributed by atoms with Crippen molar-refractivity contribution in [3.63, 3.8) is 0 Å². The molecule has 1 aromatic carbocycles. The highest BCUT2D eigenvalue weighted by atomic mass is 79.9. The molecule has 0 aliphatic carbocycles. The van der Waals surface area contributed by atoms with Crippen LogP contribution in [0.25, 0.3) is 5.69 Å². The Morgan fingerprint density at radius 1 is 1.50 bits per heavy atom. The highest BCUT2D eigenvalue weighted by molar-refractivity contribution is 9.10. The van der Waals surface area contributed by atoms with Crippen molar-refractivity contribution in [2.24, 2.45) is 0 Å². The van der Waals surface area contributed by atoms with Crippen LogP contribution in [0.2, 0.25) is 0 Å². The number of halogens is 1. The van der Waals surface area contributed by atoms with Gasteiger partial charge in [-0.25, -0.2) is 9.48 Å². The molecule has 0 aliphatic rings. The van der Waals surface area contributed by atoms with Gasteiger partial charge in [-0.15, -0.1) is 0 Å². The van der Waals surface area contributed by atoms with Crippen molar-refractivity contribution in [1.82, 2.24) is 9.78 Å². The number of aromatic nitrogens is 2. The summed E-state index contributed by atoms with van der Waals surface area (Å²) in [5.41, 5.74) is 1.80. The van der Waals surface area contributed by atoms with Gasteiger partial charge >= 0.3 is 5.97 Å². The fourth-order valence-electron chi connectivity index (χ4n) is 1.44. The molecule has 0 spiro atoms. The number of aromatic carboxylic acids is 1. The van der Waals surface area contributed by atoms with Crippen LogP contribution in [0, 0.1) is 6.92 Å². The lowest BCUT2D eigenvalue weighted by molar-refractivity contribution is 0.0696. The molecule has 2 rings (SSSR count). The molecule has 1 N–H and O–H groups in total. The molecule has 0 saturated heterocycles. The summed E-state index contributed by atoms with van der Waals surface area (Å²) in [6, 6.07) is 5.15. The summed E-state index contributed by atoms with van der Waals surface area (Å²) in [7, 11) is 0. The Morgan fingerprint density at radius 3 is 2.81 bits per heavy atom. The molecule has 5 heteroatoms. The van der Waals surface area contributed by atoms with Crippen molar-refractivity contribution in [2.75, 3.05) is 0 Å². The average molecular weight is 281 g/mol. The fourth-order valence-corrected chi connectivity index (χ4v) is 1.73. The van der Waals surface area contributed by atoms with E-state index in [4.69, 9.17) is 5.11 Å². The lowest BCUT2D eigenvalue weighted by Crippen LogP contribution is -2.06. The molecule has 0 atom stereocenters. The van der Waals surface area contributed by atoms with E-state index in [2.05, 4.69) is 21.0 Å². The summed E-state index contributed by atoms with van der Waals surface area (Å²) in [4.78, 5) is 11.1. The summed E-state index contributed by atoms with van der Waals surface area (Å²) in [6.45, 7) is 1.91. The van der Waals surface area contributed by atoms with Crippen molar-refractivity contribution < 1.29 is 9.90 Å². The van der Waals surface area contributed by atoms with Crippen LogP contribution in [0.1, 0.15) is 15.9 Å². The Labute approximate surface area is 101 Å². The molecule has 1 heterocycles. The van der Waals surface area contributed by atoms with Crippen LogP contribution in [0.3, 0.4) is 0 Å². The van der Waals surface area contributed by atoms with E-state index in [1.807, 2.05) is 6.92 Å². The molecule has 0 aliphatic heterocycles. The summed E-state index contributed by atoms with van der Waals surface area (Å²) >= 11 is 3.28. The summed E-state index contributed by atoms with van der Waals surface area (Å²) in [5.74, 6) is -0.957. The Balaban J connectivity index is 2.62. The number of benzene rings is 1. The Kier molecular flexibility index (Phi) is 2.78. The van der Waals surface area contributed by atoms with Crippen molar-refractivity contribution in [3.8, 4) is 5.69 Å². The predicted octanol–water partition coefficient (Wildman–Crippen LogP) is 2.64. The molecule has 0 unspecified atom stereocenters. The molecule has 16 heavy (non-hydrogen) atoms. The maximum absolute atomic E-state index is 11.1. The van der Waals surface area contributed by atoms with Gasteiger partial charge in [0.2, 0.25) is 0 Å². The maximum Gasteiger partial charge on any atom is 0.337 e. The lowest BCUT2D eigenvalue weighted by atomic mass is 10.1. The maximum atomic E-state index is 11.1. The first-order chi connectivity index (χ1) is 7.58. The molecule has 2 aromatic rings. The average Bonchev–Trinajstić information content (AvgIpc) is 2.64. The van der Waals surface area contributed by atoms with Gasteiger partial charge < -0.3 is 5.11 Å². The molecule has 1 aromatic heterocycles. The SMILES string of the molecule is Cc1ccc(C(=O)O)c(-n2cc(Br)cn2)c1. The third-order valence-corrected chi connectivity index (χ3v) is 2.59. The van der Waals surface area contributed by atoms with Crippen molar-refractivity contribution in [3.05, 3.63) is 46.2 Å². The van der Waals surface area contributed by atoms with Crippen LogP contribution in [-0.2, 0) is 0 Å². The van der Waals surface area contributed by atoms with E-state index >= 15 is 0 Å². The van der Waals surface area contributed by atoms with E-state index in [0.29, 0.717) is 5.69 Å². The summed E-state index contributed by atoms with van der Waals surface area (Å²) in [6.07, 6.45) is 3.34. The van der Waals surface area contributed by atoms with Crippen LogP contribution in [-0.4, -0.2) is 20.9 Å². The van der Waals surface area contributed by atoms with Crippen LogP contribution < -0.4 is 0 Å². The zero-order valence-electron chi connectivity index (χ0n) is 8.51. The lowest BCUT2D eigenvalue weighted by Gasteiger charge is -2.06. The molecular weight excluding hydrogens is 272 g/mol. The Bertz CT molecular complexity index is 549. The number of carbonyl (C=O) groups is 1. The zero-order chi connectivity index (χ0) is 11.7. The Hall–Kier alpha value is -1.62. The topological polar surface area (TPSA) is 55.1 Å². The van der Waals surface area contributed by atoms with Crippen molar-refractivity contribution in [1.29, 1.82) is 0 Å². The number of aryl methyl sites for hydroxylation is 1.